The summed E-state index contributed by atoms with van der Waals surface area (Å²) in [6, 6.07) is 21.7. The molecule has 0 saturated carbocycles. The highest BCUT2D eigenvalue weighted by molar-refractivity contribution is 7.28. The smallest absolute Gasteiger partial charge is 0.131 e. The van der Waals surface area contributed by atoms with Gasteiger partial charge in [0.2, 0.25) is 0 Å². The van der Waals surface area contributed by atoms with Gasteiger partial charge in [-0.15, -0.1) is 22.7 Å². The highest BCUT2D eigenvalue weighted by atomic mass is 32.1. The van der Waals surface area contributed by atoms with Gasteiger partial charge in [-0.3, -0.25) is 0 Å². The SMILES string of the molecule is N#CC(C#N)=Cc1cc2c(s1)c1sc(C=C(C#N)C#N)cc1n2Cc1ccccc1. The lowest BCUT2D eigenvalue weighted by Crippen LogP contribution is -1.98. The molecule has 5 nitrogen and oxygen atoms in total. The highest BCUT2D eigenvalue weighted by Gasteiger charge is 2.17. The van der Waals surface area contributed by atoms with Crippen LogP contribution in [0.15, 0.2) is 53.6 Å². The Kier molecular flexibility index (Phi) is 5.17. The second-order valence-corrected chi connectivity index (χ2v) is 8.53. The van der Waals surface area contributed by atoms with Gasteiger partial charge in [-0.25, -0.2) is 0 Å². The van der Waals surface area contributed by atoms with Crippen LogP contribution in [-0.4, -0.2) is 4.57 Å². The van der Waals surface area contributed by atoms with Gasteiger partial charge in [0.15, 0.2) is 0 Å². The van der Waals surface area contributed by atoms with Crippen molar-refractivity contribution in [3.8, 4) is 24.3 Å². The van der Waals surface area contributed by atoms with Crippen LogP contribution in [-0.2, 0) is 6.54 Å². The van der Waals surface area contributed by atoms with Gasteiger partial charge in [-0.1, -0.05) is 30.3 Å². The third-order valence-corrected chi connectivity index (χ3v) is 6.80. The van der Waals surface area contributed by atoms with Gasteiger partial charge in [0.25, 0.3) is 0 Å². The van der Waals surface area contributed by atoms with Crippen molar-refractivity contribution in [3.05, 3.63) is 68.9 Å². The van der Waals surface area contributed by atoms with E-state index in [1.807, 2.05) is 54.6 Å². The molecule has 0 unspecified atom stereocenters. The summed E-state index contributed by atoms with van der Waals surface area (Å²) in [5.41, 5.74) is 3.33. The molecule has 0 spiro atoms. The number of benzene rings is 1. The van der Waals surface area contributed by atoms with E-state index in [2.05, 4.69) is 16.7 Å². The fourth-order valence-electron chi connectivity index (χ4n) is 3.20. The number of allylic oxidation sites excluding steroid dienone is 2. The molecular weight excluding hydrogens is 410 g/mol. The Morgan fingerprint density at radius 2 is 1.23 bits per heavy atom. The van der Waals surface area contributed by atoms with E-state index in [-0.39, 0.29) is 11.1 Å². The number of nitrogens with zero attached hydrogens (tertiary/aromatic N) is 5. The molecule has 3 heterocycles. The van der Waals surface area contributed by atoms with Crippen LogP contribution in [0.25, 0.3) is 32.6 Å². The molecule has 4 rings (SSSR count). The van der Waals surface area contributed by atoms with E-state index in [0.717, 1.165) is 35.8 Å². The molecule has 4 aromatic rings. The highest BCUT2D eigenvalue weighted by Crippen LogP contribution is 2.41. The van der Waals surface area contributed by atoms with Crippen LogP contribution in [0.3, 0.4) is 0 Å². The second-order valence-electron chi connectivity index (χ2n) is 6.36. The summed E-state index contributed by atoms with van der Waals surface area (Å²) < 4.78 is 4.31. The molecule has 140 valence electrons. The standard InChI is InChI=1S/C23H11N5S2/c24-10-16(11-25)6-18-8-20-22(29-18)23-21(9-19(30-23)7-17(12-26)13-27)28(20)14-15-4-2-1-3-5-15/h1-9H,14H2. The third-order valence-electron chi connectivity index (χ3n) is 4.49. The van der Waals surface area contributed by atoms with Gasteiger partial charge < -0.3 is 4.57 Å². The molecule has 0 saturated heterocycles. The molecule has 3 aromatic heterocycles. The molecule has 0 N–H and O–H groups in total. The summed E-state index contributed by atoms with van der Waals surface area (Å²) in [4.78, 5) is 1.67. The monoisotopic (exact) mass is 421 g/mol. The Hall–Kier alpha value is -4.14. The fourth-order valence-corrected chi connectivity index (χ4v) is 5.56. The molecule has 0 amide bonds. The number of fused-ring (bicyclic) bond motifs is 3. The molecule has 0 atom stereocenters. The van der Waals surface area contributed by atoms with Crippen molar-refractivity contribution in [2.75, 3.05) is 0 Å². The average molecular weight is 422 g/mol. The zero-order valence-corrected chi connectivity index (χ0v) is 17.1. The van der Waals surface area contributed by atoms with E-state index in [1.54, 1.807) is 12.2 Å². The zero-order chi connectivity index (χ0) is 21.1. The van der Waals surface area contributed by atoms with E-state index >= 15 is 0 Å². The van der Waals surface area contributed by atoms with Crippen LogP contribution in [0.2, 0.25) is 0 Å². The van der Waals surface area contributed by atoms with Gasteiger partial charge in [0.05, 0.1) is 20.4 Å². The van der Waals surface area contributed by atoms with Gasteiger partial charge >= 0.3 is 0 Å². The van der Waals surface area contributed by atoms with Crippen molar-refractivity contribution in [2.24, 2.45) is 0 Å². The van der Waals surface area contributed by atoms with Gasteiger partial charge in [0.1, 0.15) is 35.4 Å². The predicted molar refractivity (Wildman–Crippen MR) is 119 cm³/mol. The van der Waals surface area contributed by atoms with Crippen LogP contribution in [0.1, 0.15) is 15.3 Å². The lowest BCUT2D eigenvalue weighted by atomic mass is 10.2. The Bertz CT molecular complexity index is 1370. The number of hydrogen-bond acceptors (Lipinski definition) is 6. The Morgan fingerprint density at radius 3 is 1.67 bits per heavy atom. The van der Waals surface area contributed by atoms with Crippen LogP contribution < -0.4 is 0 Å². The van der Waals surface area contributed by atoms with Crippen LogP contribution >= 0.6 is 22.7 Å². The Labute approximate surface area is 180 Å². The molecule has 0 aliphatic rings. The second kappa shape index (κ2) is 8.08. The summed E-state index contributed by atoms with van der Waals surface area (Å²) in [7, 11) is 0. The quantitative estimate of drug-likeness (QED) is 0.387. The maximum atomic E-state index is 9.07. The normalized spacial score (nSPS) is 10.0. The summed E-state index contributed by atoms with van der Waals surface area (Å²) >= 11 is 3.04. The van der Waals surface area contributed by atoms with Crippen molar-refractivity contribution >= 4 is 55.3 Å². The largest absolute Gasteiger partial charge is 0.335 e. The van der Waals surface area contributed by atoms with Crippen molar-refractivity contribution in [2.45, 2.75) is 6.54 Å². The number of hydrogen-bond donors (Lipinski definition) is 0. The molecule has 30 heavy (non-hydrogen) atoms. The summed E-state index contributed by atoms with van der Waals surface area (Å²) in [6.45, 7) is 0.660. The first-order valence-corrected chi connectivity index (χ1v) is 10.4. The van der Waals surface area contributed by atoms with Gasteiger partial charge in [0, 0.05) is 16.3 Å². The molecule has 1 aromatic carbocycles. The van der Waals surface area contributed by atoms with Crippen molar-refractivity contribution in [1.82, 2.24) is 4.57 Å². The van der Waals surface area contributed by atoms with E-state index < -0.39 is 0 Å². The number of aromatic nitrogens is 1. The molecule has 0 bridgehead atoms. The first-order valence-electron chi connectivity index (χ1n) is 8.80. The van der Waals surface area contributed by atoms with Crippen LogP contribution in [0.4, 0.5) is 0 Å². The van der Waals surface area contributed by atoms with E-state index in [4.69, 9.17) is 21.0 Å². The maximum Gasteiger partial charge on any atom is 0.131 e. The predicted octanol–water partition coefficient (Wildman–Crippen LogP) is 5.83. The van der Waals surface area contributed by atoms with Crippen molar-refractivity contribution in [1.29, 1.82) is 21.0 Å². The Morgan fingerprint density at radius 1 is 0.767 bits per heavy atom. The van der Waals surface area contributed by atoms with Crippen molar-refractivity contribution < 1.29 is 0 Å². The van der Waals surface area contributed by atoms with E-state index in [0.29, 0.717) is 6.54 Å². The molecule has 7 heteroatoms. The lowest BCUT2D eigenvalue weighted by Gasteiger charge is -2.06. The molecule has 0 fully saturated rings. The summed E-state index contributed by atoms with van der Waals surface area (Å²) in [5, 5.41) is 36.3. The Balaban J connectivity index is 1.94. The minimum atomic E-state index is 0.0623. The molecular formula is C23H11N5S2. The molecule has 0 aliphatic carbocycles. The first kappa shape index (κ1) is 19.2. The lowest BCUT2D eigenvalue weighted by molar-refractivity contribution is 0.870. The number of rotatable bonds is 4. The average Bonchev–Trinajstić information content (AvgIpc) is 3.44. The third kappa shape index (κ3) is 3.48. The van der Waals surface area contributed by atoms with Crippen molar-refractivity contribution in [3.63, 3.8) is 0 Å². The summed E-state index contributed by atoms with van der Waals surface area (Å²) in [6.07, 6.45) is 3.20. The molecule has 0 aliphatic heterocycles. The van der Waals surface area contributed by atoms with E-state index in [1.165, 1.54) is 22.7 Å². The number of thiophene rings is 2. The van der Waals surface area contributed by atoms with Crippen LogP contribution in [0, 0.1) is 45.3 Å². The van der Waals surface area contributed by atoms with Gasteiger partial charge in [-0.05, 0) is 29.8 Å². The summed E-state index contributed by atoms with van der Waals surface area (Å²) in [5.74, 6) is 0. The maximum absolute atomic E-state index is 9.07. The molecule has 0 radical (unpaired) electrons. The number of nitriles is 4. The van der Waals surface area contributed by atoms with Gasteiger partial charge in [-0.2, -0.15) is 21.0 Å². The fraction of sp³-hybridized carbons (Fsp3) is 0.0435. The minimum absolute atomic E-state index is 0.0623. The van der Waals surface area contributed by atoms with Crippen LogP contribution in [0.5, 0.6) is 0 Å². The first-order chi connectivity index (χ1) is 14.7. The minimum Gasteiger partial charge on any atom is -0.335 e. The topological polar surface area (TPSA) is 100 Å². The zero-order valence-electron chi connectivity index (χ0n) is 15.5. The van der Waals surface area contributed by atoms with E-state index in [9.17, 15) is 0 Å².